The van der Waals surface area contributed by atoms with Crippen molar-refractivity contribution in [3.63, 3.8) is 0 Å². The van der Waals surface area contributed by atoms with Gasteiger partial charge in [-0.05, 0) is 36.5 Å². The number of anilines is 1. The fraction of sp³-hybridized carbons (Fsp3) is 0.560. The van der Waals surface area contributed by atoms with Crippen molar-refractivity contribution >= 4 is 23.3 Å². The lowest BCUT2D eigenvalue weighted by molar-refractivity contribution is -0.133. The summed E-state index contributed by atoms with van der Waals surface area (Å²) in [6, 6.07) is 7.80. The number of amides is 1. The van der Waals surface area contributed by atoms with Crippen LogP contribution in [0.3, 0.4) is 0 Å². The molecule has 2 fully saturated rings. The van der Waals surface area contributed by atoms with Gasteiger partial charge in [-0.1, -0.05) is 30.7 Å². The first kappa shape index (κ1) is 22.6. The molecule has 8 heteroatoms. The molecule has 1 aromatic heterocycles. The van der Waals surface area contributed by atoms with Crippen LogP contribution in [0.5, 0.6) is 0 Å². The number of fused-ring (bicyclic) bond motifs is 1. The molecule has 3 heterocycles. The normalized spacial score (nSPS) is 22.3. The molecule has 0 spiro atoms. The van der Waals surface area contributed by atoms with Crippen LogP contribution in [0.15, 0.2) is 30.6 Å². The highest BCUT2D eigenvalue weighted by Gasteiger charge is 2.33. The highest BCUT2D eigenvalue weighted by Crippen LogP contribution is 2.37. The Morgan fingerprint density at radius 3 is 2.55 bits per heavy atom. The maximum atomic E-state index is 13.7. The van der Waals surface area contributed by atoms with Crippen molar-refractivity contribution in [1.82, 2.24) is 25.1 Å². The minimum absolute atomic E-state index is 0.171. The lowest BCUT2D eigenvalue weighted by Gasteiger charge is -2.39. The molecule has 0 bridgehead atoms. The molecule has 2 aliphatic heterocycles. The zero-order chi connectivity index (χ0) is 22.8. The predicted octanol–water partition coefficient (Wildman–Crippen LogP) is 2.52. The Bertz CT molecular complexity index is 969. The monoisotopic (exact) mass is 468 g/mol. The summed E-state index contributed by atoms with van der Waals surface area (Å²) in [7, 11) is 0. The minimum atomic E-state index is -0.171. The van der Waals surface area contributed by atoms with Gasteiger partial charge < -0.3 is 15.1 Å². The number of halogens is 1. The number of rotatable bonds is 5. The molecule has 176 valence electrons. The molecule has 2 atom stereocenters. The van der Waals surface area contributed by atoms with Gasteiger partial charge in [-0.15, -0.1) is 0 Å². The molecular formula is C25H33ClN6O. The highest BCUT2D eigenvalue weighted by molar-refractivity contribution is 6.30. The van der Waals surface area contributed by atoms with Gasteiger partial charge in [0.25, 0.3) is 0 Å². The first-order valence-electron chi connectivity index (χ1n) is 12.2. The maximum Gasteiger partial charge on any atom is 0.231 e. The summed E-state index contributed by atoms with van der Waals surface area (Å²) in [5.41, 5.74) is 3.56. The Morgan fingerprint density at radius 2 is 1.82 bits per heavy atom. The van der Waals surface area contributed by atoms with Gasteiger partial charge in [-0.25, -0.2) is 9.97 Å². The highest BCUT2D eigenvalue weighted by atomic mass is 35.5. The second kappa shape index (κ2) is 9.95. The third-order valence-electron chi connectivity index (χ3n) is 7.36. The molecule has 2 aromatic rings. The zero-order valence-corrected chi connectivity index (χ0v) is 20.1. The van der Waals surface area contributed by atoms with Crippen LogP contribution in [-0.2, 0) is 11.2 Å². The first-order valence-corrected chi connectivity index (χ1v) is 12.5. The van der Waals surface area contributed by atoms with Crippen molar-refractivity contribution in [3.8, 4) is 0 Å². The van der Waals surface area contributed by atoms with Crippen LogP contribution in [0, 0.1) is 0 Å². The van der Waals surface area contributed by atoms with E-state index in [1.165, 1.54) is 11.3 Å². The summed E-state index contributed by atoms with van der Waals surface area (Å²) in [4.78, 5) is 29.7. The molecule has 2 saturated heterocycles. The second-order valence-electron chi connectivity index (χ2n) is 9.46. The van der Waals surface area contributed by atoms with Crippen LogP contribution < -0.4 is 10.2 Å². The molecule has 7 nitrogen and oxygen atoms in total. The average Bonchev–Trinajstić information content (AvgIpc) is 3.24. The minimum Gasteiger partial charge on any atom is -0.353 e. The number of carbonyl (C=O) groups is 1. The van der Waals surface area contributed by atoms with Crippen molar-refractivity contribution in [2.24, 2.45) is 0 Å². The van der Waals surface area contributed by atoms with Crippen LogP contribution >= 0.6 is 11.6 Å². The van der Waals surface area contributed by atoms with E-state index in [9.17, 15) is 4.79 Å². The van der Waals surface area contributed by atoms with E-state index in [1.54, 1.807) is 6.33 Å². The number of aryl methyl sites for hydroxylation is 1. The van der Waals surface area contributed by atoms with Gasteiger partial charge in [0.15, 0.2) is 0 Å². The van der Waals surface area contributed by atoms with E-state index in [4.69, 9.17) is 11.6 Å². The van der Waals surface area contributed by atoms with Gasteiger partial charge in [0.05, 0.1) is 5.92 Å². The maximum absolute atomic E-state index is 13.7. The second-order valence-corrected chi connectivity index (χ2v) is 9.90. The Hall–Kier alpha value is -2.22. The quantitative estimate of drug-likeness (QED) is 0.727. The number of hydrogen-bond acceptors (Lipinski definition) is 6. The summed E-state index contributed by atoms with van der Waals surface area (Å²) in [6.07, 6.45) is 3.89. The lowest BCUT2D eigenvalue weighted by atomic mass is 9.96. The molecule has 2 unspecified atom stereocenters. The van der Waals surface area contributed by atoms with Gasteiger partial charge in [-0.3, -0.25) is 9.69 Å². The number of hydrogen-bond donors (Lipinski definition) is 1. The standard InChI is InChI=1S/C25H33ClN6O/c1-18-2-7-22-23(18)24(29-17-28-22)31-12-14-32(15-13-31)25(33)21(16-30-10-8-27-9-11-30)19-3-5-20(26)6-4-19/h3-6,17-18,21,27H,2,7-16H2,1H3. The molecule has 5 rings (SSSR count). The van der Waals surface area contributed by atoms with Crippen LogP contribution in [0.25, 0.3) is 0 Å². The lowest BCUT2D eigenvalue weighted by Crippen LogP contribution is -2.52. The summed E-state index contributed by atoms with van der Waals surface area (Å²) in [6.45, 7) is 9.97. The van der Waals surface area contributed by atoms with Crippen molar-refractivity contribution in [1.29, 1.82) is 0 Å². The molecule has 0 saturated carbocycles. The fourth-order valence-electron chi connectivity index (χ4n) is 5.41. The summed E-state index contributed by atoms with van der Waals surface area (Å²) in [5.74, 6) is 1.63. The van der Waals surface area contributed by atoms with Gasteiger partial charge in [0.1, 0.15) is 12.1 Å². The topological polar surface area (TPSA) is 64.6 Å². The summed E-state index contributed by atoms with van der Waals surface area (Å²) in [5, 5.41) is 4.10. The van der Waals surface area contributed by atoms with Gasteiger partial charge >= 0.3 is 0 Å². The van der Waals surface area contributed by atoms with E-state index in [-0.39, 0.29) is 11.8 Å². The number of aromatic nitrogens is 2. The summed E-state index contributed by atoms with van der Waals surface area (Å²) >= 11 is 6.13. The summed E-state index contributed by atoms with van der Waals surface area (Å²) < 4.78 is 0. The Kier molecular flexibility index (Phi) is 6.81. The third kappa shape index (κ3) is 4.86. The average molecular weight is 469 g/mol. The van der Waals surface area contributed by atoms with E-state index < -0.39 is 0 Å². The number of carbonyl (C=O) groups excluding carboxylic acids is 1. The Morgan fingerprint density at radius 1 is 1.09 bits per heavy atom. The molecule has 3 aliphatic rings. The number of nitrogens with zero attached hydrogens (tertiary/aromatic N) is 5. The van der Waals surface area contributed by atoms with E-state index in [1.807, 2.05) is 29.2 Å². The van der Waals surface area contributed by atoms with E-state index in [0.717, 1.165) is 83.1 Å². The van der Waals surface area contributed by atoms with E-state index in [0.29, 0.717) is 10.9 Å². The van der Waals surface area contributed by atoms with Crippen LogP contribution in [0.1, 0.15) is 42.0 Å². The van der Waals surface area contributed by atoms with E-state index in [2.05, 4.69) is 32.0 Å². The van der Waals surface area contributed by atoms with E-state index >= 15 is 0 Å². The number of benzene rings is 1. The SMILES string of the molecule is CC1CCc2ncnc(N3CCN(C(=O)C(CN4CCNCC4)c4ccc(Cl)cc4)CC3)c21. The van der Waals surface area contributed by atoms with Gasteiger partial charge in [0.2, 0.25) is 5.91 Å². The Balaban J connectivity index is 1.29. The molecule has 1 amide bonds. The molecule has 1 N–H and O–H groups in total. The van der Waals surface area contributed by atoms with Crippen molar-refractivity contribution in [2.75, 3.05) is 63.8 Å². The Labute approximate surface area is 201 Å². The fourth-order valence-corrected chi connectivity index (χ4v) is 5.53. The molecule has 33 heavy (non-hydrogen) atoms. The third-order valence-corrected chi connectivity index (χ3v) is 7.62. The molecule has 0 radical (unpaired) electrons. The first-order chi connectivity index (χ1) is 16.1. The van der Waals surface area contributed by atoms with Crippen LogP contribution in [0.4, 0.5) is 5.82 Å². The largest absolute Gasteiger partial charge is 0.353 e. The van der Waals surface area contributed by atoms with Crippen molar-refractivity contribution < 1.29 is 4.79 Å². The molecule has 1 aromatic carbocycles. The van der Waals surface area contributed by atoms with Crippen LogP contribution in [0.2, 0.25) is 5.02 Å². The van der Waals surface area contributed by atoms with Crippen LogP contribution in [-0.4, -0.2) is 84.6 Å². The number of nitrogens with one attached hydrogen (secondary N) is 1. The predicted molar refractivity (Wildman–Crippen MR) is 131 cm³/mol. The smallest absolute Gasteiger partial charge is 0.231 e. The van der Waals surface area contributed by atoms with Gasteiger partial charge in [0, 0.05) is 75.2 Å². The molecular weight excluding hydrogens is 436 g/mol. The molecule has 1 aliphatic carbocycles. The number of piperazine rings is 2. The van der Waals surface area contributed by atoms with Crippen molar-refractivity contribution in [2.45, 2.75) is 31.6 Å². The van der Waals surface area contributed by atoms with Gasteiger partial charge in [-0.2, -0.15) is 0 Å². The van der Waals surface area contributed by atoms with Crippen molar-refractivity contribution in [3.05, 3.63) is 52.4 Å². The zero-order valence-electron chi connectivity index (χ0n) is 19.3.